The Morgan fingerprint density at radius 1 is 0.451 bits per heavy atom. The summed E-state index contributed by atoms with van der Waals surface area (Å²) in [5, 5.41) is 0. The molecule has 0 saturated heterocycles. The molecule has 7 aromatic carbocycles. The Balaban J connectivity index is 1.09. The van der Waals surface area contributed by atoms with Crippen LogP contribution >= 0.6 is 0 Å². The van der Waals surface area contributed by atoms with E-state index in [0.717, 1.165) is 17.1 Å². The van der Waals surface area contributed by atoms with E-state index in [1.807, 2.05) is 0 Å². The van der Waals surface area contributed by atoms with Gasteiger partial charge in [-0.15, -0.1) is 0 Å². The molecule has 1 aliphatic carbocycles. The molecule has 0 saturated carbocycles. The number of allylic oxidation sites excluding steroid dienone is 2. The standard InChI is InChI=1S/C49H38N2/c1-49-33-12-11-22-48(49)51(44-30-25-39(26-31-44)37-16-7-3-8-17-37)47-32-27-41(35-46(47)49)40-18-13-21-45(34-40)50(42-19-9-4-10-20-42)43-28-23-38(24-29-43)36-14-5-2-6-15-36/h2-35,48H,1H3/t48?,49-/m0/s1. The molecule has 0 radical (unpaired) electrons. The van der Waals surface area contributed by atoms with Crippen LogP contribution in [0.3, 0.4) is 0 Å². The van der Waals surface area contributed by atoms with E-state index in [-0.39, 0.29) is 11.5 Å². The second-order valence-electron chi connectivity index (χ2n) is 13.6. The second-order valence-corrected chi connectivity index (χ2v) is 13.6. The van der Waals surface area contributed by atoms with Crippen LogP contribution in [-0.2, 0) is 5.41 Å². The number of hydrogen-bond donors (Lipinski definition) is 0. The first-order valence-corrected chi connectivity index (χ1v) is 17.7. The molecule has 2 atom stereocenters. The van der Waals surface area contributed by atoms with E-state index in [4.69, 9.17) is 0 Å². The third-order valence-corrected chi connectivity index (χ3v) is 10.5. The van der Waals surface area contributed by atoms with Gasteiger partial charge in [-0.1, -0.05) is 146 Å². The molecule has 51 heavy (non-hydrogen) atoms. The number of anilines is 5. The van der Waals surface area contributed by atoms with Crippen LogP contribution in [-0.4, -0.2) is 6.04 Å². The van der Waals surface area contributed by atoms with Crippen LogP contribution in [0.5, 0.6) is 0 Å². The van der Waals surface area contributed by atoms with Crippen LogP contribution in [0.2, 0.25) is 0 Å². The van der Waals surface area contributed by atoms with E-state index >= 15 is 0 Å². The fraction of sp³-hybridized carbons (Fsp3) is 0.0612. The number of hydrogen-bond acceptors (Lipinski definition) is 2. The topological polar surface area (TPSA) is 6.48 Å². The maximum atomic E-state index is 2.51. The monoisotopic (exact) mass is 654 g/mol. The van der Waals surface area contributed by atoms with E-state index in [9.17, 15) is 0 Å². The van der Waals surface area contributed by atoms with Gasteiger partial charge in [0.1, 0.15) is 0 Å². The van der Waals surface area contributed by atoms with Crippen molar-refractivity contribution in [1.82, 2.24) is 0 Å². The predicted octanol–water partition coefficient (Wildman–Crippen LogP) is 13.1. The van der Waals surface area contributed by atoms with Crippen LogP contribution in [0.15, 0.2) is 206 Å². The van der Waals surface area contributed by atoms with Gasteiger partial charge in [0.05, 0.1) is 6.04 Å². The summed E-state index contributed by atoms with van der Waals surface area (Å²) in [6.45, 7) is 2.38. The van der Waals surface area contributed by atoms with E-state index in [0.29, 0.717) is 0 Å². The maximum Gasteiger partial charge on any atom is 0.0655 e. The lowest BCUT2D eigenvalue weighted by atomic mass is 9.75. The molecule has 1 heterocycles. The summed E-state index contributed by atoms with van der Waals surface area (Å²) in [4.78, 5) is 4.86. The second kappa shape index (κ2) is 12.8. The van der Waals surface area contributed by atoms with Crippen LogP contribution in [0.25, 0.3) is 33.4 Å². The van der Waals surface area contributed by atoms with Crippen molar-refractivity contribution in [2.45, 2.75) is 18.4 Å². The summed E-state index contributed by atoms with van der Waals surface area (Å²) in [5.74, 6) is 0. The molecule has 7 aromatic rings. The van der Waals surface area contributed by atoms with Crippen molar-refractivity contribution in [2.24, 2.45) is 0 Å². The molecule has 0 spiro atoms. The minimum Gasteiger partial charge on any atom is -0.333 e. The maximum absolute atomic E-state index is 2.51. The van der Waals surface area contributed by atoms with Crippen LogP contribution < -0.4 is 9.80 Å². The highest BCUT2D eigenvalue weighted by Crippen LogP contribution is 2.52. The van der Waals surface area contributed by atoms with Crippen molar-refractivity contribution in [3.05, 3.63) is 212 Å². The molecule has 9 rings (SSSR count). The molecule has 2 heteroatoms. The van der Waals surface area contributed by atoms with Gasteiger partial charge in [0.15, 0.2) is 0 Å². The fourth-order valence-corrected chi connectivity index (χ4v) is 7.86. The largest absolute Gasteiger partial charge is 0.333 e. The number of fused-ring (bicyclic) bond motifs is 3. The van der Waals surface area contributed by atoms with Crippen molar-refractivity contribution in [3.63, 3.8) is 0 Å². The molecule has 1 unspecified atom stereocenters. The number of nitrogens with zero attached hydrogens (tertiary/aromatic N) is 2. The molecule has 0 bridgehead atoms. The lowest BCUT2D eigenvalue weighted by Crippen LogP contribution is -2.39. The van der Waals surface area contributed by atoms with Crippen LogP contribution in [0, 0.1) is 0 Å². The zero-order valence-electron chi connectivity index (χ0n) is 28.6. The fourth-order valence-electron chi connectivity index (χ4n) is 7.86. The van der Waals surface area contributed by atoms with Gasteiger partial charge >= 0.3 is 0 Å². The molecule has 0 amide bonds. The zero-order chi connectivity index (χ0) is 34.2. The SMILES string of the molecule is C[C@@]12C=CC=CC1N(c1ccc(-c3ccccc3)cc1)c1ccc(-c3cccc(N(c4ccccc4)c4ccc(-c5ccccc5)cc4)c3)cc12. The van der Waals surface area contributed by atoms with Crippen molar-refractivity contribution in [1.29, 1.82) is 0 Å². The lowest BCUT2D eigenvalue weighted by Gasteiger charge is -2.34. The van der Waals surface area contributed by atoms with Gasteiger partial charge in [-0.05, 0) is 107 Å². The zero-order valence-corrected chi connectivity index (χ0v) is 28.6. The summed E-state index contributed by atoms with van der Waals surface area (Å²) in [6, 6.07) is 65.9. The smallest absolute Gasteiger partial charge is 0.0655 e. The highest BCUT2D eigenvalue weighted by Gasteiger charge is 2.46. The highest BCUT2D eigenvalue weighted by atomic mass is 15.2. The molecule has 2 nitrogen and oxygen atoms in total. The summed E-state index contributed by atoms with van der Waals surface area (Å²) < 4.78 is 0. The molecular formula is C49H38N2. The Labute approximate surface area is 300 Å². The molecule has 0 fully saturated rings. The van der Waals surface area contributed by atoms with Crippen LogP contribution in [0.1, 0.15) is 12.5 Å². The average molecular weight is 655 g/mol. The van der Waals surface area contributed by atoms with Crippen LogP contribution in [0.4, 0.5) is 28.4 Å². The Morgan fingerprint density at radius 2 is 0.961 bits per heavy atom. The lowest BCUT2D eigenvalue weighted by molar-refractivity contribution is 0.551. The Bertz CT molecular complexity index is 2360. The summed E-state index contributed by atoms with van der Waals surface area (Å²) in [7, 11) is 0. The molecule has 0 aromatic heterocycles. The number of benzene rings is 7. The van der Waals surface area contributed by atoms with Gasteiger partial charge in [0.25, 0.3) is 0 Å². The van der Waals surface area contributed by atoms with Gasteiger partial charge in [-0.3, -0.25) is 0 Å². The normalized spacial score (nSPS) is 17.2. The van der Waals surface area contributed by atoms with Crippen molar-refractivity contribution < 1.29 is 0 Å². The highest BCUT2D eigenvalue weighted by molar-refractivity contribution is 5.84. The van der Waals surface area contributed by atoms with E-state index < -0.39 is 0 Å². The van der Waals surface area contributed by atoms with E-state index in [1.54, 1.807) is 0 Å². The minimum absolute atomic E-state index is 0.160. The molecular weight excluding hydrogens is 617 g/mol. The third-order valence-electron chi connectivity index (χ3n) is 10.5. The van der Waals surface area contributed by atoms with Gasteiger partial charge in [0.2, 0.25) is 0 Å². The van der Waals surface area contributed by atoms with Gasteiger partial charge in [0, 0.05) is 33.9 Å². The molecule has 1 aliphatic heterocycles. The third kappa shape index (κ3) is 5.56. The Hall–Kier alpha value is -6.38. The van der Waals surface area contributed by atoms with Gasteiger partial charge in [-0.25, -0.2) is 0 Å². The van der Waals surface area contributed by atoms with Crippen molar-refractivity contribution in [3.8, 4) is 33.4 Å². The first-order valence-electron chi connectivity index (χ1n) is 17.7. The molecule has 0 N–H and O–H groups in total. The minimum atomic E-state index is -0.160. The Kier molecular flexibility index (Phi) is 7.71. The predicted molar refractivity (Wildman–Crippen MR) is 215 cm³/mol. The number of para-hydroxylation sites is 1. The Morgan fingerprint density at radius 3 is 1.63 bits per heavy atom. The average Bonchev–Trinajstić information content (AvgIpc) is 3.47. The van der Waals surface area contributed by atoms with Gasteiger partial charge in [-0.2, -0.15) is 0 Å². The van der Waals surface area contributed by atoms with Crippen molar-refractivity contribution in [2.75, 3.05) is 9.80 Å². The quantitative estimate of drug-likeness (QED) is 0.169. The van der Waals surface area contributed by atoms with E-state index in [1.165, 1.54) is 50.3 Å². The van der Waals surface area contributed by atoms with E-state index in [2.05, 4.69) is 223 Å². The van der Waals surface area contributed by atoms with Crippen molar-refractivity contribution >= 4 is 28.4 Å². The first kappa shape index (κ1) is 30.7. The summed E-state index contributed by atoms with van der Waals surface area (Å²) in [6.07, 6.45) is 9.13. The first-order chi connectivity index (χ1) is 25.2. The molecule has 244 valence electrons. The van der Waals surface area contributed by atoms with Gasteiger partial charge < -0.3 is 9.80 Å². The summed E-state index contributed by atoms with van der Waals surface area (Å²) >= 11 is 0. The molecule has 2 aliphatic rings. The number of rotatable bonds is 7. The summed E-state index contributed by atoms with van der Waals surface area (Å²) in [5.41, 5.74) is 14.3.